The Morgan fingerprint density at radius 3 is 2.14 bits per heavy atom. The SMILES string of the molecule is Cc1ccc(C(=O)N/C(=C\c2ccc(Br)cc2)C(=O)Nc2ccc(F)cc2)cc1. The van der Waals surface area contributed by atoms with Crippen LogP contribution in [0, 0.1) is 12.7 Å². The molecule has 0 bridgehead atoms. The van der Waals surface area contributed by atoms with Crippen LogP contribution >= 0.6 is 15.9 Å². The highest BCUT2D eigenvalue weighted by Gasteiger charge is 2.15. The normalized spacial score (nSPS) is 11.1. The predicted molar refractivity (Wildman–Crippen MR) is 116 cm³/mol. The molecule has 0 heterocycles. The summed E-state index contributed by atoms with van der Waals surface area (Å²) in [6, 6.07) is 19.7. The molecule has 6 heteroatoms. The van der Waals surface area contributed by atoms with E-state index in [1.807, 2.05) is 43.3 Å². The lowest BCUT2D eigenvalue weighted by molar-refractivity contribution is -0.113. The van der Waals surface area contributed by atoms with Crippen LogP contribution in [-0.2, 0) is 4.79 Å². The monoisotopic (exact) mass is 452 g/mol. The Balaban J connectivity index is 1.86. The molecule has 29 heavy (non-hydrogen) atoms. The molecule has 0 aliphatic rings. The Labute approximate surface area is 176 Å². The van der Waals surface area contributed by atoms with Gasteiger partial charge in [-0.1, -0.05) is 45.8 Å². The fourth-order valence-electron chi connectivity index (χ4n) is 2.52. The first kappa shape index (κ1) is 20.5. The zero-order valence-corrected chi connectivity index (χ0v) is 17.2. The third-order valence-electron chi connectivity index (χ3n) is 4.09. The van der Waals surface area contributed by atoms with Crippen molar-refractivity contribution in [3.05, 3.63) is 105 Å². The van der Waals surface area contributed by atoms with E-state index in [0.717, 1.165) is 15.6 Å². The molecule has 0 radical (unpaired) electrons. The Morgan fingerprint density at radius 1 is 0.897 bits per heavy atom. The van der Waals surface area contributed by atoms with Crippen LogP contribution in [0.1, 0.15) is 21.5 Å². The Hall–Kier alpha value is -3.25. The van der Waals surface area contributed by atoms with Gasteiger partial charge in [0.1, 0.15) is 11.5 Å². The van der Waals surface area contributed by atoms with Crippen LogP contribution in [0.25, 0.3) is 6.08 Å². The fourth-order valence-corrected chi connectivity index (χ4v) is 2.78. The van der Waals surface area contributed by atoms with Crippen LogP contribution in [0.3, 0.4) is 0 Å². The van der Waals surface area contributed by atoms with E-state index in [4.69, 9.17) is 0 Å². The minimum atomic E-state index is -0.514. The van der Waals surface area contributed by atoms with Crippen molar-refractivity contribution >= 4 is 39.5 Å². The Kier molecular flexibility index (Phi) is 6.57. The number of carbonyl (C=O) groups is 2. The molecule has 0 spiro atoms. The maximum absolute atomic E-state index is 13.1. The number of amides is 2. The molecule has 3 aromatic rings. The number of hydrogen-bond donors (Lipinski definition) is 2. The van der Waals surface area contributed by atoms with E-state index < -0.39 is 17.6 Å². The van der Waals surface area contributed by atoms with Gasteiger partial charge in [0, 0.05) is 15.7 Å². The van der Waals surface area contributed by atoms with Gasteiger partial charge in [0.2, 0.25) is 0 Å². The van der Waals surface area contributed by atoms with Gasteiger partial charge in [0.25, 0.3) is 11.8 Å². The van der Waals surface area contributed by atoms with Crippen molar-refractivity contribution in [1.29, 1.82) is 0 Å². The van der Waals surface area contributed by atoms with Gasteiger partial charge in [0.05, 0.1) is 0 Å². The van der Waals surface area contributed by atoms with Gasteiger partial charge in [-0.05, 0) is 67.1 Å². The quantitative estimate of drug-likeness (QED) is 0.515. The molecule has 4 nitrogen and oxygen atoms in total. The van der Waals surface area contributed by atoms with Crippen molar-refractivity contribution in [3.63, 3.8) is 0 Å². The third kappa shape index (κ3) is 5.86. The summed E-state index contributed by atoms with van der Waals surface area (Å²) in [7, 11) is 0. The molecule has 0 saturated heterocycles. The van der Waals surface area contributed by atoms with Gasteiger partial charge < -0.3 is 10.6 Å². The largest absolute Gasteiger partial charge is 0.321 e. The zero-order chi connectivity index (χ0) is 20.8. The van der Waals surface area contributed by atoms with Gasteiger partial charge in [-0.15, -0.1) is 0 Å². The van der Waals surface area contributed by atoms with E-state index in [-0.39, 0.29) is 5.70 Å². The van der Waals surface area contributed by atoms with Crippen LogP contribution in [0.2, 0.25) is 0 Å². The average Bonchev–Trinajstić information content (AvgIpc) is 2.71. The van der Waals surface area contributed by atoms with Gasteiger partial charge >= 0.3 is 0 Å². The number of nitrogens with one attached hydrogen (secondary N) is 2. The van der Waals surface area contributed by atoms with Gasteiger partial charge in [-0.2, -0.15) is 0 Å². The molecule has 0 aromatic heterocycles. The van der Waals surface area contributed by atoms with Crippen molar-refractivity contribution in [2.75, 3.05) is 5.32 Å². The minimum Gasteiger partial charge on any atom is -0.321 e. The van der Waals surface area contributed by atoms with Crippen molar-refractivity contribution in [2.24, 2.45) is 0 Å². The second-order valence-corrected chi connectivity index (χ2v) is 7.31. The summed E-state index contributed by atoms with van der Waals surface area (Å²) in [5, 5.41) is 5.34. The smallest absolute Gasteiger partial charge is 0.272 e. The molecule has 0 aliphatic heterocycles. The molecule has 3 aromatic carbocycles. The second kappa shape index (κ2) is 9.30. The lowest BCUT2D eigenvalue weighted by Gasteiger charge is -2.12. The number of aryl methyl sites for hydroxylation is 1. The lowest BCUT2D eigenvalue weighted by Crippen LogP contribution is -2.30. The molecule has 146 valence electrons. The molecular weight excluding hydrogens is 435 g/mol. The first-order valence-electron chi connectivity index (χ1n) is 8.83. The van der Waals surface area contributed by atoms with E-state index >= 15 is 0 Å². The maximum atomic E-state index is 13.1. The molecule has 0 atom stereocenters. The number of carbonyl (C=O) groups excluding carboxylic acids is 2. The lowest BCUT2D eigenvalue weighted by atomic mass is 10.1. The Bertz CT molecular complexity index is 1040. The summed E-state index contributed by atoms with van der Waals surface area (Å²) in [5.41, 5.74) is 2.69. The van der Waals surface area contributed by atoms with E-state index in [1.165, 1.54) is 24.3 Å². The second-order valence-electron chi connectivity index (χ2n) is 6.39. The summed E-state index contributed by atoms with van der Waals surface area (Å²) >= 11 is 3.37. The number of benzene rings is 3. The number of halogens is 2. The van der Waals surface area contributed by atoms with Crippen molar-refractivity contribution in [1.82, 2.24) is 5.32 Å². The number of hydrogen-bond acceptors (Lipinski definition) is 2. The highest BCUT2D eigenvalue weighted by atomic mass is 79.9. The van der Waals surface area contributed by atoms with Gasteiger partial charge in [-0.25, -0.2) is 4.39 Å². The molecule has 2 N–H and O–H groups in total. The van der Waals surface area contributed by atoms with Crippen molar-refractivity contribution in [3.8, 4) is 0 Å². The van der Waals surface area contributed by atoms with E-state index in [9.17, 15) is 14.0 Å². The van der Waals surface area contributed by atoms with Crippen LogP contribution in [-0.4, -0.2) is 11.8 Å². The van der Waals surface area contributed by atoms with Crippen LogP contribution in [0.4, 0.5) is 10.1 Å². The van der Waals surface area contributed by atoms with E-state index in [0.29, 0.717) is 11.3 Å². The standard InChI is InChI=1S/C23H18BrFN2O2/c1-15-2-6-17(7-3-15)22(28)27-21(14-16-4-8-18(24)9-5-16)23(29)26-20-12-10-19(25)11-13-20/h2-14H,1H3,(H,26,29)(H,27,28)/b21-14-. The van der Waals surface area contributed by atoms with Crippen LogP contribution < -0.4 is 10.6 Å². The summed E-state index contributed by atoms with van der Waals surface area (Å²) in [5.74, 6) is -1.32. The molecule has 0 saturated carbocycles. The zero-order valence-electron chi connectivity index (χ0n) is 15.6. The molecule has 0 aliphatic carbocycles. The number of anilines is 1. The predicted octanol–water partition coefficient (Wildman–Crippen LogP) is 5.31. The van der Waals surface area contributed by atoms with E-state index in [2.05, 4.69) is 26.6 Å². The Morgan fingerprint density at radius 2 is 1.52 bits per heavy atom. The average molecular weight is 453 g/mol. The maximum Gasteiger partial charge on any atom is 0.272 e. The minimum absolute atomic E-state index is 0.0715. The summed E-state index contributed by atoms with van der Waals surface area (Å²) in [6.45, 7) is 1.93. The van der Waals surface area contributed by atoms with Crippen LogP contribution in [0.5, 0.6) is 0 Å². The first-order valence-corrected chi connectivity index (χ1v) is 9.62. The van der Waals surface area contributed by atoms with Crippen LogP contribution in [0.15, 0.2) is 83.0 Å². The fraction of sp³-hybridized carbons (Fsp3) is 0.0435. The molecule has 2 amide bonds. The van der Waals surface area contributed by atoms with E-state index in [1.54, 1.807) is 18.2 Å². The molecule has 0 fully saturated rings. The summed E-state index contributed by atoms with van der Waals surface area (Å²) < 4.78 is 14.0. The molecule has 3 rings (SSSR count). The third-order valence-corrected chi connectivity index (χ3v) is 4.62. The van der Waals surface area contributed by atoms with Gasteiger partial charge in [0.15, 0.2) is 0 Å². The first-order chi connectivity index (χ1) is 13.9. The summed E-state index contributed by atoms with van der Waals surface area (Å²) in [6.07, 6.45) is 1.58. The topological polar surface area (TPSA) is 58.2 Å². The van der Waals surface area contributed by atoms with Crippen molar-refractivity contribution < 1.29 is 14.0 Å². The van der Waals surface area contributed by atoms with Crippen molar-refractivity contribution in [2.45, 2.75) is 6.92 Å². The number of rotatable bonds is 5. The highest BCUT2D eigenvalue weighted by molar-refractivity contribution is 9.10. The molecule has 0 unspecified atom stereocenters. The van der Waals surface area contributed by atoms with Gasteiger partial charge in [-0.3, -0.25) is 9.59 Å². The molecular formula is C23H18BrFN2O2. The highest BCUT2D eigenvalue weighted by Crippen LogP contribution is 2.15. The summed E-state index contributed by atoms with van der Waals surface area (Å²) in [4.78, 5) is 25.4.